The van der Waals surface area contributed by atoms with Gasteiger partial charge in [0.1, 0.15) is 0 Å². The average molecular weight is 260 g/mol. The van der Waals surface area contributed by atoms with E-state index in [9.17, 15) is 4.21 Å². The standard InChI is InChI=1S/C13H28N2OS/c1-12(2)10-13-11-15(7-4-6-14-13)8-5-9-17(3)16/h12-14H,4-11H2,1-3H3. The van der Waals surface area contributed by atoms with E-state index in [0.29, 0.717) is 6.04 Å². The topological polar surface area (TPSA) is 32.3 Å². The summed E-state index contributed by atoms with van der Waals surface area (Å²) in [4.78, 5) is 2.54. The Labute approximate surface area is 109 Å². The summed E-state index contributed by atoms with van der Waals surface area (Å²) >= 11 is 0. The number of hydrogen-bond donors (Lipinski definition) is 1. The van der Waals surface area contributed by atoms with E-state index in [0.717, 1.165) is 37.7 Å². The van der Waals surface area contributed by atoms with E-state index in [-0.39, 0.29) is 0 Å². The van der Waals surface area contributed by atoms with Crippen LogP contribution >= 0.6 is 0 Å². The van der Waals surface area contributed by atoms with Crippen LogP contribution in [0.3, 0.4) is 0 Å². The van der Waals surface area contributed by atoms with Crippen molar-refractivity contribution in [3.05, 3.63) is 0 Å². The molecular weight excluding hydrogens is 232 g/mol. The van der Waals surface area contributed by atoms with Gasteiger partial charge in [0.2, 0.25) is 0 Å². The minimum absolute atomic E-state index is 0.634. The summed E-state index contributed by atoms with van der Waals surface area (Å²) in [5.74, 6) is 1.61. The lowest BCUT2D eigenvalue weighted by Crippen LogP contribution is -2.39. The van der Waals surface area contributed by atoms with Crippen LogP contribution in [0.5, 0.6) is 0 Å². The molecule has 102 valence electrons. The normalized spacial score (nSPS) is 24.8. The van der Waals surface area contributed by atoms with Crippen LogP contribution in [0.2, 0.25) is 0 Å². The van der Waals surface area contributed by atoms with Gasteiger partial charge in [-0.2, -0.15) is 0 Å². The minimum Gasteiger partial charge on any atom is -0.313 e. The smallest absolute Gasteiger partial charge is 0.0244 e. The van der Waals surface area contributed by atoms with Gasteiger partial charge in [0.05, 0.1) is 0 Å². The predicted molar refractivity (Wildman–Crippen MR) is 75.9 cm³/mol. The van der Waals surface area contributed by atoms with Crippen molar-refractivity contribution in [2.45, 2.75) is 39.2 Å². The molecular formula is C13H28N2OS. The largest absolute Gasteiger partial charge is 0.313 e. The maximum Gasteiger partial charge on any atom is 0.0244 e. The SMILES string of the molecule is CC(C)CC1CN(CCCS(C)=O)CCCN1. The van der Waals surface area contributed by atoms with Crippen LogP contribution in [-0.2, 0) is 10.8 Å². The zero-order valence-electron chi connectivity index (χ0n) is 11.6. The lowest BCUT2D eigenvalue weighted by Gasteiger charge is -2.25. The molecule has 0 aromatic heterocycles. The minimum atomic E-state index is -0.634. The van der Waals surface area contributed by atoms with Crippen LogP contribution in [0.1, 0.15) is 33.1 Å². The summed E-state index contributed by atoms with van der Waals surface area (Å²) in [6, 6.07) is 0.643. The van der Waals surface area contributed by atoms with E-state index in [1.165, 1.54) is 19.4 Å². The fraction of sp³-hybridized carbons (Fsp3) is 1.00. The Morgan fingerprint density at radius 3 is 2.88 bits per heavy atom. The van der Waals surface area contributed by atoms with Gasteiger partial charge in [-0.15, -0.1) is 0 Å². The Morgan fingerprint density at radius 2 is 2.24 bits per heavy atom. The van der Waals surface area contributed by atoms with Crippen molar-refractivity contribution < 1.29 is 4.21 Å². The highest BCUT2D eigenvalue weighted by Crippen LogP contribution is 2.10. The van der Waals surface area contributed by atoms with Crippen molar-refractivity contribution >= 4 is 10.8 Å². The predicted octanol–water partition coefficient (Wildman–Crippen LogP) is 1.47. The molecule has 1 saturated heterocycles. The van der Waals surface area contributed by atoms with Crippen molar-refractivity contribution in [2.75, 3.05) is 38.2 Å². The lowest BCUT2D eigenvalue weighted by molar-refractivity contribution is 0.256. The first-order valence-corrected chi connectivity index (χ1v) is 8.56. The Bertz CT molecular complexity index is 233. The summed E-state index contributed by atoms with van der Waals surface area (Å²) < 4.78 is 11.0. The molecule has 0 spiro atoms. The molecule has 0 amide bonds. The Morgan fingerprint density at radius 1 is 1.47 bits per heavy atom. The van der Waals surface area contributed by atoms with Crippen LogP contribution < -0.4 is 5.32 Å². The van der Waals surface area contributed by atoms with Gasteiger partial charge < -0.3 is 10.2 Å². The lowest BCUT2D eigenvalue weighted by atomic mass is 10.0. The molecule has 0 aliphatic carbocycles. The second-order valence-corrected chi connectivity index (χ2v) is 7.12. The highest BCUT2D eigenvalue weighted by Gasteiger charge is 2.18. The van der Waals surface area contributed by atoms with E-state index >= 15 is 0 Å². The maximum absolute atomic E-state index is 11.0. The second-order valence-electron chi connectivity index (χ2n) is 5.57. The molecule has 1 N–H and O–H groups in total. The molecule has 1 aliphatic rings. The molecule has 2 atom stereocenters. The van der Waals surface area contributed by atoms with Crippen molar-refractivity contribution in [1.29, 1.82) is 0 Å². The Balaban J connectivity index is 2.29. The Hall–Kier alpha value is 0.0700. The fourth-order valence-corrected chi connectivity index (χ4v) is 3.03. The van der Waals surface area contributed by atoms with Gasteiger partial charge in [0.25, 0.3) is 0 Å². The monoisotopic (exact) mass is 260 g/mol. The molecule has 0 aromatic rings. The molecule has 1 heterocycles. The first-order chi connectivity index (χ1) is 8.08. The van der Waals surface area contributed by atoms with Crippen molar-refractivity contribution in [1.82, 2.24) is 10.2 Å². The summed E-state index contributed by atoms with van der Waals surface area (Å²) in [7, 11) is -0.634. The molecule has 0 radical (unpaired) electrons. The average Bonchev–Trinajstić information content (AvgIpc) is 2.42. The fourth-order valence-electron chi connectivity index (χ4n) is 2.50. The summed E-state index contributed by atoms with van der Waals surface area (Å²) in [5.41, 5.74) is 0. The van der Waals surface area contributed by atoms with Gasteiger partial charge in [-0.1, -0.05) is 13.8 Å². The van der Waals surface area contributed by atoms with Gasteiger partial charge in [-0.3, -0.25) is 4.21 Å². The van der Waals surface area contributed by atoms with Gasteiger partial charge in [-0.05, 0) is 44.8 Å². The molecule has 2 unspecified atom stereocenters. The second kappa shape index (κ2) is 8.22. The summed E-state index contributed by atoms with van der Waals surface area (Å²) in [6.45, 7) is 9.18. The third-order valence-electron chi connectivity index (χ3n) is 3.22. The number of rotatable bonds is 6. The first kappa shape index (κ1) is 15.1. The molecule has 4 heteroatoms. The van der Waals surface area contributed by atoms with E-state index in [1.54, 1.807) is 6.26 Å². The molecule has 1 fully saturated rings. The van der Waals surface area contributed by atoms with E-state index < -0.39 is 10.8 Å². The quantitative estimate of drug-likeness (QED) is 0.785. The van der Waals surface area contributed by atoms with Crippen molar-refractivity contribution in [3.63, 3.8) is 0 Å². The zero-order valence-corrected chi connectivity index (χ0v) is 12.4. The highest BCUT2D eigenvalue weighted by molar-refractivity contribution is 7.84. The van der Waals surface area contributed by atoms with Crippen LogP contribution in [0, 0.1) is 5.92 Å². The third kappa shape index (κ3) is 7.17. The number of nitrogens with one attached hydrogen (secondary N) is 1. The van der Waals surface area contributed by atoms with Crippen LogP contribution in [0.25, 0.3) is 0 Å². The molecule has 0 saturated carbocycles. The van der Waals surface area contributed by atoms with Crippen LogP contribution in [0.4, 0.5) is 0 Å². The maximum atomic E-state index is 11.0. The Kier molecular flexibility index (Phi) is 7.32. The summed E-state index contributed by atoms with van der Waals surface area (Å²) in [6.07, 6.45) is 5.36. The molecule has 0 aromatic carbocycles. The molecule has 1 rings (SSSR count). The molecule has 3 nitrogen and oxygen atoms in total. The first-order valence-electron chi connectivity index (χ1n) is 6.83. The molecule has 17 heavy (non-hydrogen) atoms. The van der Waals surface area contributed by atoms with Gasteiger partial charge in [0.15, 0.2) is 0 Å². The van der Waals surface area contributed by atoms with Crippen LogP contribution in [0.15, 0.2) is 0 Å². The van der Waals surface area contributed by atoms with Gasteiger partial charge in [0, 0.05) is 35.4 Å². The number of hydrogen-bond acceptors (Lipinski definition) is 3. The van der Waals surface area contributed by atoms with Crippen molar-refractivity contribution in [2.24, 2.45) is 5.92 Å². The molecule has 0 bridgehead atoms. The third-order valence-corrected chi connectivity index (χ3v) is 4.09. The zero-order chi connectivity index (χ0) is 12.7. The van der Waals surface area contributed by atoms with Crippen LogP contribution in [-0.4, -0.2) is 53.3 Å². The summed E-state index contributed by atoms with van der Waals surface area (Å²) in [5, 5.41) is 3.64. The van der Waals surface area contributed by atoms with E-state index in [4.69, 9.17) is 0 Å². The van der Waals surface area contributed by atoms with Gasteiger partial charge in [-0.25, -0.2) is 0 Å². The van der Waals surface area contributed by atoms with Crippen molar-refractivity contribution in [3.8, 4) is 0 Å². The van der Waals surface area contributed by atoms with Gasteiger partial charge >= 0.3 is 0 Å². The highest BCUT2D eigenvalue weighted by atomic mass is 32.2. The number of nitrogens with zero attached hydrogens (tertiary/aromatic N) is 1. The van der Waals surface area contributed by atoms with E-state index in [1.807, 2.05) is 0 Å². The van der Waals surface area contributed by atoms with E-state index in [2.05, 4.69) is 24.1 Å². The molecule has 1 aliphatic heterocycles.